The molecule has 0 atom stereocenters. The minimum atomic E-state index is -0.0791. The van der Waals surface area contributed by atoms with Crippen molar-refractivity contribution in [3.05, 3.63) is 71.3 Å². The monoisotopic (exact) mass is 328 g/mol. The molecule has 124 valence electrons. The van der Waals surface area contributed by atoms with Crippen molar-refractivity contribution in [1.82, 2.24) is 0 Å². The maximum atomic E-state index is 11.8. The van der Waals surface area contributed by atoms with Gasteiger partial charge in [0, 0.05) is 23.8 Å². The maximum Gasteiger partial charge on any atom is 0.149 e. The molecule has 4 rings (SSSR count). The molecule has 2 nitrogen and oxygen atoms in total. The Morgan fingerprint density at radius 2 is 1.68 bits per heavy atom. The highest BCUT2D eigenvalue weighted by Crippen LogP contribution is 2.50. The molecule has 25 heavy (non-hydrogen) atoms. The van der Waals surface area contributed by atoms with Crippen LogP contribution in [0.3, 0.4) is 0 Å². The number of ether oxygens (including phenoxy) is 1. The first-order chi connectivity index (χ1) is 12.3. The summed E-state index contributed by atoms with van der Waals surface area (Å²) in [5, 5.41) is 0. The van der Waals surface area contributed by atoms with Gasteiger partial charge in [-0.25, -0.2) is 0 Å². The average Bonchev–Trinajstić information content (AvgIpc) is 2.96. The third-order valence-corrected chi connectivity index (χ3v) is 5.23. The van der Waals surface area contributed by atoms with Crippen molar-refractivity contribution in [1.29, 1.82) is 0 Å². The highest BCUT2D eigenvalue weighted by molar-refractivity contribution is 5.82. The third kappa shape index (κ3) is 2.98. The fraction of sp³-hybridized carbons (Fsp3) is 0.261. The van der Waals surface area contributed by atoms with Crippen LogP contribution in [0, 0.1) is 11.8 Å². The van der Waals surface area contributed by atoms with E-state index in [1.807, 2.05) is 30.3 Å². The number of rotatable bonds is 2. The number of fused-ring (bicyclic) bond motifs is 2. The van der Waals surface area contributed by atoms with Gasteiger partial charge in [-0.2, -0.15) is 0 Å². The lowest BCUT2D eigenvalue weighted by Gasteiger charge is -2.35. The summed E-state index contributed by atoms with van der Waals surface area (Å²) in [7, 11) is 0. The molecule has 0 heterocycles. The van der Waals surface area contributed by atoms with E-state index in [9.17, 15) is 4.79 Å². The standard InChI is InChI=1S/C23H20O2/c24-20-12-14-23(15-13-20)19(17-18-7-4-5-11-22(18)23)8-6-16-25-21-9-2-1-3-10-21/h1-5,7,9-11,17H,12-16H2. The molecule has 2 aliphatic rings. The molecular formula is C23H20O2. The van der Waals surface area contributed by atoms with E-state index in [-0.39, 0.29) is 5.41 Å². The quantitative estimate of drug-likeness (QED) is 0.756. The van der Waals surface area contributed by atoms with Gasteiger partial charge in [0.1, 0.15) is 18.1 Å². The van der Waals surface area contributed by atoms with Crippen molar-refractivity contribution in [2.24, 2.45) is 0 Å². The van der Waals surface area contributed by atoms with E-state index in [4.69, 9.17) is 4.74 Å². The van der Waals surface area contributed by atoms with Gasteiger partial charge in [0.25, 0.3) is 0 Å². The molecule has 2 aromatic rings. The van der Waals surface area contributed by atoms with Crippen LogP contribution in [-0.2, 0) is 10.2 Å². The molecule has 1 spiro atoms. The summed E-state index contributed by atoms with van der Waals surface area (Å²) in [6.07, 6.45) is 5.22. The molecule has 0 saturated heterocycles. The van der Waals surface area contributed by atoms with Crippen LogP contribution in [0.1, 0.15) is 36.8 Å². The minimum absolute atomic E-state index is 0.0791. The van der Waals surface area contributed by atoms with Crippen LogP contribution in [-0.4, -0.2) is 12.4 Å². The minimum Gasteiger partial charge on any atom is -0.481 e. The van der Waals surface area contributed by atoms with Crippen molar-refractivity contribution >= 4 is 11.9 Å². The Morgan fingerprint density at radius 1 is 0.960 bits per heavy atom. The Hall–Kier alpha value is -2.79. The molecule has 0 unspecified atom stereocenters. The zero-order chi connectivity index (χ0) is 17.1. The molecule has 2 aliphatic carbocycles. The van der Waals surface area contributed by atoms with Crippen molar-refractivity contribution in [2.75, 3.05) is 6.61 Å². The van der Waals surface area contributed by atoms with Crippen LogP contribution in [0.15, 0.2) is 60.2 Å². The van der Waals surface area contributed by atoms with Gasteiger partial charge in [0.05, 0.1) is 0 Å². The van der Waals surface area contributed by atoms with E-state index < -0.39 is 0 Å². The number of allylic oxidation sites excluding steroid dienone is 1. The molecule has 1 saturated carbocycles. The lowest BCUT2D eigenvalue weighted by molar-refractivity contribution is -0.121. The van der Waals surface area contributed by atoms with Gasteiger partial charge >= 0.3 is 0 Å². The predicted octanol–water partition coefficient (Wildman–Crippen LogP) is 4.55. The van der Waals surface area contributed by atoms with E-state index >= 15 is 0 Å². The summed E-state index contributed by atoms with van der Waals surface area (Å²) in [5.41, 5.74) is 3.63. The number of carbonyl (C=O) groups excluding carboxylic acids is 1. The summed E-state index contributed by atoms with van der Waals surface area (Å²) < 4.78 is 5.68. The first-order valence-corrected chi connectivity index (χ1v) is 8.78. The zero-order valence-corrected chi connectivity index (χ0v) is 14.1. The van der Waals surface area contributed by atoms with Gasteiger partial charge in [-0.1, -0.05) is 54.3 Å². The molecular weight excluding hydrogens is 308 g/mol. The fourth-order valence-electron chi connectivity index (χ4n) is 3.91. The number of benzene rings is 2. The Bertz CT molecular complexity index is 871. The molecule has 0 aliphatic heterocycles. The van der Waals surface area contributed by atoms with E-state index in [1.165, 1.54) is 11.1 Å². The second-order valence-corrected chi connectivity index (χ2v) is 6.67. The Kier molecular flexibility index (Phi) is 4.15. The third-order valence-electron chi connectivity index (χ3n) is 5.23. The molecule has 1 fully saturated rings. The molecule has 0 radical (unpaired) electrons. The fourth-order valence-corrected chi connectivity index (χ4v) is 3.91. The highest BCUT2D eigenvalue weighted by atomic mass is 16.5. The largest absolute Gasteiger partial charge is 0.481 e. The molecule has 2 heteroatoms. The van der Waals surface area contributed by atoms with Gasteiger partial charge in [0.2, 0.25) is 0 Å². The maximum absolute atomic E-state index is 11.8. The number of hydrogen-bond acceptors (Lipinski definition) is 2. The number of Topliss-reactive ketones (excluding diaryl/α,β-unsaturated/α-hetero) is 1. The van der Waals surface area contributed by atoms with Gasteiger partial charge in [0.15, 0.2) is 0 Å². The number of carbonyl (C=O) groups is 1. The summed E-state index contributed by atoms with van der Waals surface area (Å²) in [6.45, 7) is 0.368. The lowest BCUT2D eigenvalue weighted by Crippen LogP contribution is -2.32. The van der Waals surface area contributed by atoms with Gasteiger partial charge in [-0.3, -0.25) is 4.79 Å². The first kappa shape index (κ1) is 15.7. The lowest BCUT2D eigenvalue weighted by atomic mass is 9.67. The van der Waals surface area contributed by atoms with Crippen LogP contribution in [0.2, 0.25) is 0 Å². The topological polar surface area (TPSA) is 26.3 Å². The van der Waals surface area contributed by atoms with Crippen LogP contribution in [0.5, 0.6) is 5.75 Å². The smallest absolute Gasteiger partial charge is 0.149 e. The number of hydrogen-bond donors (Lipinski definition) is 0. The number of para-hydroxylation sites is 1. The first-order valence-electron chi connectivity index (χ1n) is 8.78. The SMILES string of the molecule is O=C1CCC2(CC1)C(C#CCOc1ccccc1)=Cc1ccccc12. The Balaban J connectivity index is 1.56. The molecule has 2 aromatic carbocycles. The van der Waals surface area contributed by atoms with Crippen LogP contribution >= 0.6 is 0 Å². The van der Waals surface area contributed by atoms with Crippen LogP contribution in [0.25, 0.3) is 6.08 Å². The van der Waals surface area contributed by atoms with Crippen LogP contribution in [0.4, 0.5) is 0 Å². The second kappa shape index (κ2) is 6.61. The summed E-state index contributed by atoms with van der Waals surface area (Å²) in [6, 6.07) is 18.2. The van der Waals surface area contributed by atoms with E-state index in [0.717, 1.165) is 24.2 Å². The normalized spacial score (nSPS) is 17.4. The van der Waals surface area contributed by atoms with Gasteiger partial charge in [-0.15, -0.1) is 0 Å². The van der Waals surface area contributed by atoms with Crippen molar-refractivity contribution in [2.45, 2.75) is 31.1 Å². The average molecular weight is 328 g/mol. The van der Waals surface area contributed by atoms with Crippen molar-refractivity contribution in [3.8, 4) is 17.6 Å². The summed E-state index contributed by atoms with van der Waals surface area (Å²) >= 11 is 0. The van der Waals surface area contributed by atoms with Gasteiger partial charge in [-0.05, 0) is 42.2 Å². The number of ketones is 1. The van der Waals surface area contributed by atoms with Crippen molar-refractivity contribution < 1.29 is 9.53 Å². The van der Waals surface area contributed by atoms with Crippen molar-refractivity contribution in [3.63, 3.8) is 0 Å². The van der Waals surface area contributed by atoms with Crippen LogP contribution < -0.4 is 4.74 Å². The van der Waals surface area contributed by atoms with Gasteiger partial charge < -0.3 is 4.74 Å². The zero-order valence-electron chi connectivity index (χ0n) is 14.1. The Labute approximate surface area is 148 Å². The highest BCUT2D eigenvalue weighted by Gasteiger charge is 2.43. The van der Waals surface area contributed by atoms with E-state index in [2.05, 4.69) is 42.2 Å². The van der Waals surface area contributed by atoms with E-state index in [1.54, 1.807) is 0 Å². The predicted molar refractivity (Wildman–Crippen MR) is 99.3 cm³/mol. The summed E-state index contributed by atoms with van der Waals surface area (Å²) in [5.74, 6) is 7.72. The molecule has 0 N–H and O–H groups in total. The summed E-state index contributed by atoms with van der Waals surface area (Å²) in [4.78, 5) is 11.8. The molecule has 0 bridgehead atoms. The Morgan fingerprint density at radius 3 is 2.48 bits per heavy atom. The molecule has 0 amide bonds. The molecule has 0 aromatic heterocycles. The van der Waals surface area contributed by atoms with E-state index in [0.29, 0.717) is 25.2 Å². The second-order valence-electron chi connectivity index (χ2n) is 6.67.